The molecule has 0 radical (unpaired) electrons. The summed E-state index contributed by atoms with van der Waals surface area (Å²) in [6, 6.07) is 9.13. The molecular formula is C30H31N7O4S. The van der Waals surface area contributed by atoms with Gasteiger partial charge in [-0.1, -0.05) is 6.07 Å². The van der Waals surface area contributed by atoms with Gasteiger partial charge in [-0.15, -0.1) is 21.5 Å². The van der Waals surface area contributed by atoms with Crippen LogP contribution in [-0.2, 0) is 4.74 Å². The van der Waals surface area contributed by atoms with Gasteiger partial charge in [0.15, 0.2) is 0 Å². The molecular weight excluding hydrogens is 554 g/mol. The minimum Gasteiger partial charge on any atom is -0.444 e. The van der Waals surface area contributed by atoms with Crippen molar-refractivity contribution in [2.45, 2.75) is 46.6 Å². The van der Waals surface area contributed by atoms with E-state index in [4.69, 9.17) is 14.1 Å². The normalized spacial score (nSPS) is 13.9. The van der Waals surface area contributed by atoms with Crippen molar-refractivity contribution >= 4 is 23.3 Å². The molecule has 1 fully saturated rings. The van der Waals surface area contributed by atoms with Gasteiger partial charge < -0.3 is 19.0 Å². The van der Waals surface area contributed by atoms with Crippen molar-refractivity contribution in [3.63, 3.8) is 0 Å². The van der Waals surface area contributed by atoms with E-state index in [0.29, 0.717) is 66.7 Å². The van der Waals surface area contributed by atoms with Crippen LogP contribution >= 0.6 is 11.3 Å². The van der Waals surface area contributed by atoms with Crippen LogP contribution in [0.4, 0.5) is 4.79 Å². The number of aromatic nitrogens is 4. The average molecular weight is 586 g/mol. The van der Waals surface area contributed by atoms with Crippen LogP contribution in [0, 0.1) is 25.2 Å². The van der Waals surface area contributed by atoms with E-state index < -0.39 is 5.60 Å². The first-order chi connectivity index (χ1) is 20.0. The summed E-state index contributed by atoms with van der Waals surface area (Å²) in [7, 11) is 0. The zero-order chi connectivity index (χ0) is 30.0. The van der Waals surface area contributed by atoms with Crippen LogP contribution in [0.2, 0.25) is 0 Å². The molecule has 0 N–H and O–H groups in total. The number of carbonyl (C=O) groups is 2. The van der Waals surface area contributed by atoms with Crippen LogP contribution in [0.15, 0.2) is 40.3 Å². The SMILES string of the molecule is Cc1ccsc1-c1nnc(-c2nc(-c3ccc(C(=O)N4CCCN(C(=O)OC(C)(C)C)CC4)cc3C#N)cnc2C)o1. The molecule has 11 nitrogen and oxygen atoms in total. The van der Waals surface area contributed by atoms with Crippen molar-refractivity contribution in [1.29, 1.82) is 5.26 Å². The molecule has 4 aromatic rings. The number of hydrogen-bond donors (Lipinski definition) is 0. The lowest BCUT2D eigenvalue weighted by molar-refractivity contribution is 0.0255. The predicted octanol–water partition coefficient (Wildman–Crippen LogP) is 5.49. The molecule has 12 heteroatoms. The minimum atomic E-state index is -0.589. The first-order valence-corrected chi connectivity index (χ1v) is 14.5. The molecule has 0 bridgehead atoms. The number of ether oxygens (including phenoxy) is 1. The van der Waals surface area contributed by atoms with Gasteiger partial charge in [-0.05, 0) is 70.2 Å². The van der Waals surface area contributed by atoms with Gasteiger partial charge in [-0.2, -0.15) is 5.26 Å². The third-order valence-electron chi connectivity index (χ3n) is 6.74. The molecule has 1 saturated heterocycles. The fourth-order valence-corrected chi connectivity index (χ4v) is 5.44. The Hall–Kier alpha value is -4.63. The molecule has 0 atom stereocenters. The van der Waals surface area contributed by atoms with Crippen molar-refractivity contribution in [3.05, 3.63) is 58.2 Å². The van der Waals surface area contributed by atoms with Gasteiger partial charge in [0.25, 0.3) is 17.7 Å². The van der Waals surface area contributed by atoms with Gasteiger partial charge in [-0.3, -0.25) is 9.78 Å². The van der Waals surface area contributed by atoms with Crippen LogP contribution in [0.1, 0.15) is 54.4 Å². The highest BCUT2D eigenvalue weighted by molar-refractivity contribution is 7.13. The first kappa shape index (κ1) is 28.9. The van der Waals surface area contributed by atoms with E-state index in [2.05, 4.69) is 21.3 Å². The summed E-state index contributed by atoms with van der Waals surface area (Å²) < 4.78 is 11.4. The van der Waals surface area contributed by atoms with Crippen LogP contribution < -0.4 is 0 Å². The summed E-state index contributed by atoms with van der Waals surface area (Å²) >= 11 is 1.52. The Bertz CT molecular complexity index is 1680. The molecule has 0 aliphatic carbocycles. The molecule has 1 aliphatic rings. The van der Waals surface area contributed by atoms with Crippen molar-refractivity contribution in [3.8, 4) is 39.7 Å². The van der Waals surface area contributed by atoms with E-state index >= 15 is 0 Å². The summed E-state index contributed by atoms with van der Waals surface area (Å²) in [4.78, 5) is 39.3. The lowest BCUT2D eigenvalue weighted by atomic mass is 10.0. The topological polar surface area (TPSA) is 138 Å². The highest BCUT2D eigenvalue weighted by Crippen LogP contribution is 2.32. The monoisotopic (exact) mass is 585 g/mol. The van der Waals surface area contributed by atoms with Crippen molar-refractivity contribution in [2.75, 3.05) is 26.2 Å². The second-order valence-electron chi connectivity index (χ2n) is 11.0. The Kier molecular flexibility index (Phi) is 8.04. The van der Waals surface area contributed by atoms with Gasteiger partial charge in [0.1, 0.15) is 11.3 Å². The van der Waals surface area contributed by atoms with Gasteiger partial charge in [0, 0.05) is 37.3 Å². The zero-order valence-corrected chi connectivity index (χ0v) is 25.0. The number of aryl methyl sites for hydroxylation is 2. The van der Waals surface area contributed by atoms with E-state index in [1.54, 1.807) is 41.1 Å². The van der Waals surface area contributed by atoms with E-state index in [1.807, 2.05) is 39.1 Å². The van der Waals surface area contributed by atoms with E-state index in [9.17, 15) is 14.9 Å². The van der Waals surface area contributed by atoms with Crippen LogP contribution in [0.3, 0.4) is 0 Å². The molecule has 1 aliphatic heterocycles. The maximum Gasteiger partial charge on any atom is 0.410 e. The Morgan fingerprint density at radius 3 is 2.50 bits per heavy atom. The number of rotatable bonds is 4. The second-order valence-corrected chi connectivity index (χ2v) is 11.9. The quantitative estimate of drug-likeness (QED) is 0.304. The minimum absolute atomic E-state index is 0.206. The summed E-state index contributed by atoms with van der Waals surface area (Å²) in [6.45, 7) is 11.0. The van der Waals surface area contributed by atoms with E-state index in [-0.39, 0.29) is 23.5 Å². The third kappa shape index (κ3) is 6.16. The number of nitriles is 1. The van der Waals surface area contributed by atoms with Crippen LogP contribution in [0.25, 0.3) is 33.6 Å². The molecule has 216 valence electrons. The van der Waals surface area contributed by atoms with E-state index in [0.717, 1.165) is 10.4 Å². The maximum absolute atomic E-state index is 13.4. The average Bonchev–Trinajstić information content (AvgIpc) is 3.53. The van der Waals surface area contributed by atoms with Crippen LogP contribution in [0.5, 0.6) is 0 Å². The summed E-state index contributed by atoms with van der Waals surface area (Å²) in [5, 5.41) is 20.3. The second kappa shape index (κ2) is 11.7. The van der Waals surface area contributed by atoms with Gasteiger partial charge in [-0.25, -0.2) is 9.78 Å². The summed E-state index contributed by atoms with van der Waals surface area (Å²) in [6.07, 6.45) is 1.82. The van der Waals surface area contributed by atoms with Crippen molar-refractivity contribution in [1.82, 2.24) is 30.0 Å². The Balaban J connectivity index is 1.36. The molecule has 42 heavy (non-hydrogen) atoms. The fourth-order valence-electron chi connectivity index (χ4n) is 4.59. The number of benzene rings is 1. The molecule has 2 amide bonds. The Labute approximate surface area is 247 Å². The Morgan fingerprint density at radius 1 is 1.05 bits per heavy atom. The third-order valence-corrected chi connectivity index (χ3v) is 7.74. The first-order valence-electron chi connectivity index (χ1n) is 13.6. The number of thiophene rings is 1. The largest absolute Gasteiger partial charge is 0.444 e. The van der Waals surface area contributed by atoms with Crippen LogP contribution in [-0.4, -0.2) is 73.7 Å². The fraction of sp³-hybridized carbons (Fsp3) is 0.367. The Morgan fingerprint density at radius 2 is 1.79 bits per heavy atom. The summed E-state index contributed by atoms with van der Waals surface area (Å²) in [5.41, 5.74) is 3.12. The molecule has 4 heterocycles. The molecule has 0 unspecified atom stereocenters. The standard InChI is InChI=1S/C30H31N7O4S/c1-18-9-14-42-25(18)27-35-34-26(40-27)24-19(2)32-17-23(33-24)22-8-7-20(15-21(22)16-31)28(38)36-10-6-11-37(13-12-36)29(39)41-30(3,4)5/h7-9,14-15,17H,6,10-13H2,1-5H3. The highest BCUT2D eigenvalue weighted by atomic mass is 32.1. The summed E-state index contributed by atoms with van der Waals surface area (Å²) in [5.74, 6) is 0.436. The van der Waals surface area contributed by atoms with E-state index in [1.165, 1.54) is 11.3 Å². The van der Waals surface area contributed by atoms with Gasteiger partial charge in [0.2, 0.25) is 0 Å². The maximum atomic E-state index is 13.4. The molecule has 0 spiro atoms. The molecule has 3 aromatic heterocycles. The number of nitrogens with zero attached hydrogens (tertiary/aromatic N) is 7. The van der Waals surface area contributed by atoms with Gasteiger partial charge >= 0.3 is 6.09 Å². The molecule has 1 aromatic carbocycles. The lowest BCUT2D eigenvalue weighted by Crippen LogP contribution is -2.40. The van der Waals surface area contributed by atoms with Gasteiger partial charge in [0.05, 0.1) is 34.1 Å². The molecule has 5 rings (SSSR count). The number of hydrogen-bond acceptors (Lipinski definition) is 10. The smallest absolute Gasteiger partial charge is 0.410 e. The number of carbonyl (C=O) groups excluding carboxylic acids is 2. The predicted molar refractivity (Wildman–Crippen MR) is 157 cm³/mol. The van der Waals surface area contributed by atoms with Crippen molar-refractivity contribution in [2.24, 2.45) is 0 Å². The lowest BCUT2D eigenvalue weighted by Gasteiger charge is -2.26. The number of amides is 2. The van der Waals surface area contributed by atoms with Crippen molar-refractivity contribution < 1.29 is 18.7 Å². The molecule has 0 saturated carbocycles. The zero-order valence-electron chi connectivity index (χ0n) is 24.2. The highest BCUT2D eigenvalue weighted by Gasteiger charge is 2.27.